The lowest BCUT2D eigenvalue weighted by Crippen LogP contribution is -2.03. The molecule has 0 aliphatic heterocycles. The van der Waals surface area contributed by atoms with Crippen molar-refractivity contribution in [2.24, 2.45) is 5.92 Å². The molecule has 1 aliphatic rings. The summed E-state index contributed by atoms with van der Waals surface area (Å²) in [6, 6.07) is 3.70. The van der Waals surface area contributed by atoms with E-state index >= 15 is 0 Å². The van der Waals surface area contributed by atoms with Crippen molar-refractivity contribution in [2.75, 3.05) is 13.7 Å². The lowest BCUT2D eigenvalue weighted by molar-refractivity contribution is 0.198. The second kappa shape index (κ2) is 5.27. The van der Waals surface area contributed by atoms with Crippen LogP contribution in [-0.2, 0) is 0 Å². The van der Waals surface area contributed by atoms with Gasteiger partial charge < -0.3 is 14.6 Å². The van der Waals surface area contributed by atoms with E-state index in [4.69, 9.17) is 9.47 Å². The van der Waals surface area contributed by atoms with Crippen LogP contribution < -0.4 is 9.47 Å². The quantitative estimate of drug-likeness (QED) is 0.907. The van der Waals surface area contributed by atoms with Crippen LogP contribution >= 0.6 is 15.9 Å². The van der Waals surface area contributed by atoms with Crippen LogP contribution in [0.5, 0.6) is 11.5 Å². The SMILES string of the molecule is COc1c(Br)cc(C(C)O)cc1OCC1CC1. The first-order chi connectivity index (χ1) is 8.11. The van der Waals surface area contributed by atoms with Gasteiger partial charge in [-0.15, -0.1) is 0 Å². The van der Waals surface area contributed by atoms with Crippen molar-refractivity contribution < 1.29 is 14.6 Å². The Morgan fingerprint density at radius 3 is 2.71 bits per heavy atom. The van der Waals surface area contributed by atoms with Gasteiger partial charge in [-0.3, -0.25) is 0 Å². The molecule has 1 aromatic rings. The summed E-state index contributed by atoms with van der Waals surface area (Å²) < 4.78 is 11.9. The molecule has 1 atom stereocenters. The maximum absolute atomic E-state index is 9.61. The van der Waals surface area contributed by atoms with Gasteiger partial charge >= 0.3 is 0 Å². The molecule has 0 spiro atoms. The molecule has 0 heterocycles. The first-order valence-corrected chi connectivity index (χ1v) is 6.59. The van der Waals surface area contributed by atoms with E-state index in [0.29, 0.717) is 17.4 Å². The van der Waals surface area contributed by atoms with Crippen molar-refractivity contribution in [1.29, 1.82) is 0 Å². The lowest BCUT2D eigenvalue weighted by atomic mass is 10.1. The summed E-state index contributed by atoms with van der Waals surface area (Å²) in [5, 5.41) is 9.61. The van der Waals surface area contributed by atoms with Gasteiger partial charge in [0.25, 0.3) is 0 Å². The van der Waals surface area contributed by atoms with E-state index in [1.807, 2.05) is 12.1 Å². The number of rotatable bonds is 5. The Hall–Kier alpha value is -0.740. The van der Waals surface area contributed by atoms with Gasteiger partial charge in [0.2, 0.25) is 0 Å². The standard InChI is InChI=1S/C13H17BrO3/c1-8(15)10-5-11(14)13(16-2)12(6-10)17-7-9-3-4-9/h5-6,8-9,15H,3-4,7H2,1-2H3. The van der Waals surface area contributed by atoms with E-state index in [1.165, 1.54) is 12.8 Å². The molecule has 3 nitrogen and oxygen atoms in total. The number of hydrogen-bond acceptors (Lipinski definition) is 3. The molecule has 0 amide bonds. The highest BCUT2D eigenvalue weighted by Crippen LogP contribution is 2.39. The molecular weight excluding hydrogens is 284 g/mol. The number of aliphatic hydroxyl groups is 1. The Labute approximate surface area is 110 Å². The fourth-order valence-electron chi connectivity index (χ4n) is 1.63. The first-order valence-electron chi connectivity index (χ1n) is 5.80. The maximum Gasteiger partial charge on any atom is 0.174 e. The number of methoxy groups -OCH3 is 1. The van der Waals surface area contributed by atoms with Gasteiger partial charge in [-0.25, -0.2) is 0 Å². The lowest BCUT2D eigenvalue weighted by Gasteiger charge is -2.15. The number of hydrogen-bond donors (Lipinski definition) is 1. The van der Waals surface area contributed by atoms with Crippen LogP contribution in [0.1, 0.15) is 31.4 Å². The molecule has 0 aromatic heterocycles. The molecule has 1 saturated carbocycles. The third kappa shape index (κ3) is 3.13. The number of halogens is 1. The second-order valence-electron chi connectivity index (χ2n) is 4.46. The highest BCUT2D eigenvalue weighted by atomic mass is 79.9. The molecule has 2 rings (SSSR count). The molecule has 94 valence electrons. The van der Waals surface area contributed by atoms with Gasteiger partial charge in [0.1, 0.15) is 0 Å². The van der Waals surface area contributed by atoms with Crippen molar-refractivity contribution in [3.8, 4) is 11.5 Å². The van der Waals surface area contributed by atoms with E-state index < -0.39 is 6.10 Å². The van der Waals surface area contributed by atoms with E-state index in [9.17, 15) is 5.11 Å². The van der Waals surface area contributed by atoms with Gasteiger partial charge in [-0.05, 0) is 59.3 Å². The van der Waals surface area contributed by atoms with E-state index in [0.717, 1.165) is 16.6 Å². The summed E-state index contributed by atoms with van der Waals surface area (Å²) >= 11 is 3.43. The first kappa shape index (κ1) is 12.7. The van der Waals surface area contributed by atoms with Crippen molar-refractivity contribution in [3.63, 3.8) is 0 Å². The minimum atomic E-state index is -0.513. The van der Waals surface area contributed by atoms with Gasteiger partial charge in [0.05, 0.1) is 24.3 Å². The Bertz CT molecular complexity index is 400. The predicted octanol–water partition coefficient (Wildman–Crippen LogP) is 3.30. The van der Waals surface area contributed by atoms with Gasteiger partial charge in [-0.1, -0.05) is 0 Å². The van der Waals surface area contributed by atoms with Crippen molar-refractivity contribution in [1.82, 2.24) is 0 Å². The average Bonchev–Trinajstić information content (AvgIpc) is 3.09. The minimum absolute atomic E-state index is 0.513. The minimum Gasteiger partial charge on any atom is -0.492 e. The Balaban J connectivity index is 2.24. The highest BCUT2D eigenvalue weighted by Gasteiger charge is 2.23. The van der Waals surface area contributed by atoms with E-state index in [1.54, 1.807) is 14.0 Å². The summed E-state index contributed by atoms with van der Waals surface area (Å²) in [4.78, 5) is 0. The second-order valence-corrected chi connectivity index (χ2v) is 5.32. The fraction of sp³-hybridized carbons (Fsp3) is 0.538. The molecule has 4 heteroatoms. The molecule has 1 N–H and O–H groups in total. The maximum atomic E-state index is 9.61. The molecule has 1 aromatic carbocycles. The van der Waals surface area contributed by atoms with Crippen molar-refractivity contribution >= 4 is 15.9 Å². The number of ether oxygens (including phenoxy) is 2. The van der Waals surface area contributed by atoms with E-state index in [2.05, 4.69) is 15.9 Å². The van der Waals surface area contributed by atoms with Crippen LogP contribution in [0.3, 0.4) is 0 Å². The average molecular weight is 301 g/mol. The Morgan fingerprint density at radius 2 is 2.18 bits per heavy atom. The fourth-order valence-corrected chi connectivity index (χ4v) is 2.25. The highest BCUT2D eigenvalue weighted by molar-refractivity contribution is 9.10. The number of benzene rings is 1. The number of aliphatic hydroxyl groups excluding tert-OH is 1. The van der Waals surface area contributed by atoms with Crippen molar-refractivity contribution in [2.45, 2.75) is 25.9 Å². The van der Waals surface area contributed by atoms with Crippen LogP contribution in [0.25, 0.3) is 0 Å². The predicted molar refractivity (Wildman–Crippen MR) is 69.5 cm³/mol. The smallest absolute Gasteiger partial charge is 0.174 e. The molecule has 17 heavy (non-hydrogen) atoms. The molecule has 1 fully saturated rings. The summed E-state index contributed by atoms with van der Waals surface area (Å²) in [5.41, 5.74) is 0.823. The molecule has 0 saturated heterocycles. The molecule has 0 bridgehead atoms. The van der Waals surface area contributed by atoms with Gasteiger partial charge in [0, 0.05) is 0 Å². The molecule has 1 unspecified atom stereocenters. The molecule has 1 aliphatic carbocycles. The largest absolute Gasteiger partial charge is 0.492 e. The van der Waals surface area contributed by atoms with Gasteiger partial charge in [-0.2, -0.15) is 0 Å². The zero-order valence-electron chi connectivity index (χ0n) is 10.1. The topological polar surface area (TPSA) is 38.7 Å². The van der Waals surface area contributed by atoms with Crippen LogP contribution in [0.2, 0.25) is 0 Å². The monoisotopic (exact) mass is 300 g/mol. The van der Waals surface area contributed by atoms with Gasteiger partial charge in [0.15, 0.2) is 11.5 Å². The summed E-state index contributed by atoms with van der Waals surface area (Å²) in [6.45, 7) is 2.46. The Morgan fingerprint density at radius 1 is 1.47 bits per heavy atom. The van der Waals surface area contributed by atoms with Crippen LogP contribution in [-0.4, -0.2) is 18.8 Å². The summed E-state index contributed by atoms with van der Waals surface area (Å²) in [6.07, 6.45) is 1.99. The molecular formula is C13H17BrO3. The molecule has 0 radical (unpaired) electrons. The zero-order chi connectivity index (χ0) is 12.4. The summed E-state index contributed by atoms with van der Waals surface area (Å²) in [5.74, 6) is 2.08. The van der Waals surface area contributed by atoms with Crippen LogP contribution in [0, 0.1) is 5.92 Å². The van der Waals surface area contributed by atoms with E-state index in [-0.39, 0.29) is 0 Å². The van der Waals surface area contributed by atoms with Crippen LogP contribution in [0.4, 0.5) is 0 Å². The summed E-state index contributed by atoms with van der Waals surface area (Å²) in [7, 11) is 1.62. The van der Waals surface area contributed by atoms with Crippen molar-refractivity contribution in [3.05, 3.63) is 22.2 Å². The van der Waals surface area contributed by atoms with Crippen LogP contribution in [0.15, 0.2) is 16.6 Å². The third-order valence-corrected chi connectivity index (χ3v) is 3.48. The normalized spacial score (nSPS) is 16.7. The zero-order valence-corrected chi connectivity index (χ0v) is 11.7. The Kier molecular flexibility index (Phi) is 3.94. The third-order valence-electron chi connectivity index (χ3n) is 2.89.